The maximum absolute atomic E-state index is 13.1. The third-order valence-corrected chi connectivity index (χ3v) is 7.07. The number of fused-ring (bicyclic) bond motifs is 1. The highest BCUT2D eigenvalue weighted by Gasteiger charge is 2.31. The van der Waals surface area contributed by atoms with E-state index in [1.54, 1.807) is 6.20 Å². The number of pyridine rings is 1. The summed E-state index contributed by atoms with van der Waals surface area (Å²) >= 11 is 2.33. The maximum atomic E-state index is 13.1. The molecule has 2 atom stereocenters. The summed E-state index contributed by atoms with van der Waals surface area (Å²) in [6, 6.07) is 19.5. The number of aromatic nitrogens is 2. The average molecular weight is 498 g/mol. The minimum absolute atomic E-state index is 0.228. The summed E-state index contributed by atoms with van der Waals surface area (Å²) in [7, 11) is 0. The fourth-order valence-corrected chi connectivity index (χ4v) is 4.55. The quantitative estimate of drug-likeness (QED) is 0.331. The highest BCUT2D eigenvalue weighted by molar-refractivity contribution is 9.10. The van der Waals surface area contributed by atoms with Gasteiger partial charge in [0, 0.05) is 45.1 Å². The third kappa shape index (κ3) is 5.01. The van der Waals surface area contributed by atoms with Crippen molar-refractivity contribution in [2.75, 3.05) is 0 Å². The minimum Gasteiger partial charge on any atom is -0.598 e. The normalized spacial score (nSPS) is 14.0. The molecule has 0 saturated carbocycles. The van der Waals surface area contributed by atoms with Crippen molar-refractivity contribution in [1.82, 2.24) is 14.9 Å². The highest BCUT2D eigenvalue weighted by Crippen LogP contribution is 2.36. The van der Waals surface area contributed by atoms with Crippen LogP contribution in [0.4, 0.5) is 0 Å². The Kier molecular flexibility index (Phi) is 6.48. The zero-order valence-corrected chi connectivity index (χ0v) is 20.0. The van der Waals surface area contributed by atoms with Crippen LogP contribution in [0.2, 0.25) is 0 Å². The van der Waals surface area contributed by atoms with Gasteiger partial charge in [-0.15, -0.1) is 4.72 Å². The Morgan fingerprint density at radius 2 is 1.87 bits per heavy atom. The van der Waals surface area contributed by atoms with Crippen LogP contribution in [0.1, 0.15) is 38.1 Å². The molecule has 160 valence electrons. The van der Waals surface area contributed by atoms with Crippen molar-refractivity contribution >= 4 is 38.3 Å². The van der Waals surface area contributed by atoms with Crippen molar-refractivity contribution in [3.05, 3.63) is 82.6 Å². The number of para-hydroxylation sites is 1. The van der Waals surface area contributed by atoms with Gasteiger partial charge >= 0.3 is 0 Å². The lowest BCUT2D eigenvalue weighted by Gasteiger charge is -2.29. The van der Waals surface area contributed by atoms with Gasteiger partial charge < -0.3 is 9.08 Å². The monoisotopic (exact) mass is 497 g/mol. The molecule has 1 N–H and O–H groups in total. The molecule has 2 aromatic heterocycles. The predicted molar refractivity (Wildman–Crippen MR) is 129 cm³/mol. The summed E-state index contributed by atoms with van der Waals surface area (Å²) < 4.78 is 22.5. The lowest BCUT2D eigenvalue weighted by atomic mass is 9.94. The van der Waals surface area contributed by atoms with E-state index in [2.05, 4.69) is 30.8 Å². The molecule has 0 fully saturated rings. The second-order valence-electron chi connectivity index (χ2n) is 8.34. The number of halogens is 1. The lowest BCUT2D eigenvalue weighted by molar-refractivity contribution is 0.459. The summed E-state index contributed by atoms with van der Waals surface area (Å²) in [5.41, 5.74) is 4.34. The highest BCUT2D eigenvalue weighted by atomic mass is 79.9. The van der Waals surface area contributed by atoms with E-state index in [1.807, 2.05) is 81.4 Å². The van der Waals surface area contributed by atoms with Crippen LogP contribution in [0.5, 0.6) is 0 Å². The summed E-state index contributed by atoms with van der Waals surface area (Å²) in [5.74, 6) is 0. The smallest absolute Gasteiger partial charge is 0.167 e. The molecule has 2 heterocycles. The minimum atomic E-state index is -1.26. The molecule has 1 unspecified atom stereocenters. The Labute approximate surface area is 193 Å². The Hall–Kier alpha value is -2.19. The number of nitrogens with zero attached hydrogens (tertiary/aromatic N) is 2. The van der Waals surface area contributed by atoms with Gasteiger partial charge in [-0.1, -0.05) is 45.4 Å². The van der Waals surface area contributed by atoms with Crippen molar-refractivity contribution in [1.29, 1.82) is 0 Å². The summed E-state index contributed by atoms with van der Waals surface area (Å²) in [6.45, 7) is 5.88. The molecule has 0 aliphatic rings. The Balaban J connectivity index is 1.82. The van der Waals surface area contributed by atoms with Crippen LogP contribution in [0, 0.1) is 0 Å². The predicted octanol–water partition coefficient (Wildman–Crippen LogP) is 5.99. The Morgan fingerprint density at radius 1 is 1.10 bits per heavy atom. The van der Waals surface area contributed by atoms with Gasteiger partial charge in [0.2, 0.25) is 0 Å². The van der Waals surface area contributed by atoms with E-state index in [-0.39, 0.29) is 6.04 Å². The van der Waals surface area contributed by atoms with Crippen LogP contribution in [0.15, 0.2) is 75.9 Å². The molecule has 4 rings (SSSR count). The molecule has 0 radical (unpaired) electrons. The topological polar surface area (TPSA) is 74.0 Å². The number of benzene rings is 2. The van der Waals surface area contributed by atoms with Crippen molar-refractivity contribution in [2.45, 2.75) is 38.0 Å². The van der Waals surface area contributed by atoms with Gasteiger partial charge in [-0.3, -0.25) is 4.98 Å². The van der Waals surface area contributed by atoms with Crippen molar-refractivity contribution in [3.63, 3.8) is 0 Å². The van der Waals surface area contributed by atoms with E-state index in [9.17, 15) is 4.55 Å². The molecule has 5 nitrogen and oxygen atoms in total. The van der Waals surface area contributed by atoms with Crippen LogP contribution < -0.4 is 4.72 Å². The van der Waals surface area contributed by atoms with Gasteiger partial charge in [-0.05, 0) is 62.7 Å². The number of hydrogen-bond acceptors (Lipinski definition) is 5. The van der Waals surface area contributed by atoms with Gasteiger partial charge in [0.15, 0.2) is 5.58 Å². The Bertz CT molecular complexity index is 1170. The van der Waals surface area contributed by atoms with Crippen LogP contribution in [-0.2, 0) is 17.8 Å². The number of hydrogen-bond donors (Lipinski definition) is 1. The second-order valence-corrected chi connectivity index (χ2v) is 11.2. The average Bonchev–Trinajstić information content (AvgIpc) is 3.17. The first kappa shape index (κ1) is 22.0. The molecule has 0 aliphatic heterocycles. The van der Waals surface area contributed by atoms with E-state index in [1.165, 1.54) is 0 Å². The molecular weight excluding hydrogens is 474 g/mol. The zero-order chi connectivity index (χ0) is 22.0. The molecule has 0 bridgehead atoms. The second kappa shape index (κ2) is 9.12. The van der Waals surface area contributed by atoms with E-state index in [4.69, 9.17) is 4.52 Å². The van der Waals surface area contributed by atoms with Crippen molar-refractivity contribution in [3.8, 4) is 11.3 Å². The SMILES string of the molecule is CC(C)(C)[S+]([O-])N[C@@H](Cc1ccccn1)c1ccc(Br)cc1-c1noc2ccccc12. The standard InChI is InChI=1S/C24H24BrN3O2S/c1-24(2,3)31(29)28-21(15-17-8-6-7-13-26-17)18-12-11-16(25)14-20(18)23-19-9-4-5-10-22(19)30-27-23/h4-14,21,28H,15H2,1-3H3/t21-,31?/m0/s1. The fourth-order valence-electron chi connectivity index (χ4n) is 3.37. The molecular formula is C24H24BrN3O2S. The molecule has 7 heteroatoms. The van der Waals surface area contributed by atoms with Crippen LogP contribution >= 0.6 is 15.9 Å². The Morgan fingerprint density at radius 3 is 2.61 bits per heavy atom. The molecule has 0 spiro atoms. The largest absolute Gasteiger partial charge is 0.598 e. The van der Waals surface area contributed by atoms with E-state index < -0.39 is 16.1 Å². The molecule has 2 aromatic carbocycles. The first-order chi connectivity index (χ1) is 14.8. The first-order valence-electron chi connectivity index (χ1n) is 10.0. The van der Waals surface area contributed by atoms with E-state index >= 15 is 0 Å². The zero-order valence-electron chi connectivity index (χ0n) is 17.6. The van der Waals surface area contributed by atoms with E-state index in [0.29, 0.717) is 6.42 Å². The first-order valence-corrected chi connectivity index (χ1v) is 12.0. The number of nitrogens with one attached hydrogen (secondary N) is 1. The van der Waals surface area contributed by atoms with Crippen LogP contribution in [0.25, 0.3) is 22.2 Å². The van der Waals surface area contributed by atoms with Crippen molar-refractivity contribution < 1.29 is 9.08 Å². The maximum Gasteiger partial charge on any atom is 0.167 e. The lowest BCUT2D eigenvalue weighted by Crippen LogP contribution is -2.42. The van der Waals surface area contributed by atoms with Gasteiger partial charge in [0.25, 0.3) is 0 Å². The van der Waals surface area contributed by atoms with Gasteiger partial charge in [0.1, 0.15) is 10.4 Å². The molecule has 0 amide bonds. The van der Waals surface area contributed by atoms with Gasteiger partial charge in [-0.25, -0.2) is 0 Å². The van der Waals surface area contributed by atoms with Gasteiger partial charge in [-0.2, -0.15) is 0 Å². The molecule has 0 aliphatic carbocycles. The summed E-state index contributed by atoms with van der Waals surface area (Å²) in [5, 5.41) is 5.31. The molecule has 0 saturated heterocycles. The summed E-state index contributed by atoms with van der Waals surface area (Å²) in [4.78, 5) is 4.49. The molecule has 4 aromatic rings. The molecule has 31 heavy (non-hydrogen) atoms. The van der Waals surface area contributed by atoms with Crippen molar-refractivity contribution in [2.24, 2.45) is 0 Å². The fraction of sp³-hybridized carbons (Fsp3) is 0.250. The third-order valence-electron chi connectivity index (χ3n) is 4.97. The van der Waals surface area contributed by atoms with Crippen LogP contribution in [-0.4, -0.2) is 19.4 Å². The van der Waals surface area contributed by atoms with Crippen LogP contribution in [0.3, 0.4) is 0 Å². The van der Waals surface area contributed by atoms with Gasteiger partial charge in [0.05, 0.1) is 6.04 Å². The summed E-state index contributed by atoms with van der Waals surface area (Å²) in [6.07, 6.45) is 2.37. The number of rotatable bonds is 6. The van der Waals surface area contributed by atoms with E-state index in [0.717, 1.165) is 38.0 Å².